The zero-order valence-electron chi connectivity index (χ0n) is 12.6. The summed E-state index contributed by atoms with van der Waals surface area (Å²) in [4.78, 5) is 20.0. The monoisotopic (exact) mass is 325 g/mol. The Morgan fingerprint density at radius 3 is 3.17 bits per heavy atom. The number of amidine groups is 1. The molecule has 1 aromatic heterocycles. The molecule has 0 saturated heterocycles. The van der Waals surface area contributed by atoms with Crippen molar-refractivity contribution in [1.29, 1.82) is 0 Å². The number of allylic oxidation sites excluding steroid dienone is 1. The Morgan fingerprint density at radius 1 is 1.43 bits per heavy atom. The molecule has 116 valence electrons. The second-order valence-corrected chi connectivity index (χ2v) is 6.40. The molecule has 23 heavy (non-hydrogen) atoms. The van der Waals surface area contributed by atoms with Crippen LogP contribution in [-0.4, -0.2) is 24.2 Å². The summed E-state index contributed by atoms with van der Waals surface area (Å²) in [7, 11) is 0. The number of benzene rings is 1. The van der Waals surface area contributed by atoms with E-state index in [0.29, 0.717) is 5.76 Å². The smallest absolute Gasteiger partial charge is 0.248 e. The largest absolute Gasteiger partial charge is 0.465 e. The van der Waals surface area contributed by atoms with Crippen molar-refractivity contribution in [3.8, 4) is 0 Å². The van der Waals surface area contributed by atoms with Crippen LogP contribution in [0.2, 0.25) is 0 Å². The molecule has 2 aliphatic heterocycles. The van der Waals surface area contributed by atoms with Gasteiger partial charge in [0.25, 0.3) is 0 Å². The van der Waals surface area contributed by atoms with E-state index in [2.05, 4.69) is 15.2 Å². The Labute approximate surface area is 138 Å². The summed E-state index contributed by atoms with van der Waals surface area (Å²) in [5.41, 5.74) is 2.69. The van der Waals surface area contributed by atoms with Crippen molar-refractivity contribution in [3.05, 3.63) is 48.4 Å². The molecule has 0 spiro atoms. The Bertz CT molecular complexity index is 824. The number of nitrogens with one attached hydrogen (secondary N) is 1. The normalized spacial score (nSPS) is 16.1. The van der Waals surface area contributed by atoms with E-state index in [9.17, 15) is 4.79 Å². The van der Waals surface area contributed by atoms with Crippen molar-refractivity contribution in [2.75, 3.05) is 23.3 Å². The quantitative estimate of drug-likeness (QED) is 0.876. The predicted octanol–water partition coefficient (Wildman–Crippen LogP) is 3.60. The number of thioether (sulfide) groups is 1. The molecule has 0 fully saturated rings. The van der Waals surface area contributed by atoms with Crippen LogP contribution in [0.1, 0.15) is 12.7 Å². The van der Waals surface area contributed by atoms with Gasteiger partial charge in [0.05, 0.1) is 18.5 Å². The van der Waals surface area contributed by atoms with Crippen molar-refractivity contribution in [3.63, 3.8) is 0 Å². The van der Waals surface area contributed by atoms with Gasteiger partial charge < -0.3 is 14.6 Å². The van der Waals surface area contributed by atoms with Crippen LogP contribution in [0, 0.1) is 0 Å². The van der Waals surface area contributed by atoms with Crippen LogP contribution in [0.25, 0.3) is 5.57 Å². The van der Waals surface area contributed by atoms with Crippen molar-refractivity contribution >= 4 is 39.8 Å². The highest BCUT2D eigenvalue weighted by Crippen LogP contribution is 2.43. The van der Waals surface area contributed by atoms with Gasteiger partial charge in [-0.2, -0.15) is 0 Å². The van der Waals surface area contributed by atoms with Crippen LogP contribution < -0.4 is 10.2 Å². The van der Waals surface area contributed by atoms with Crippen molar-refractivity contribution in [2.24, 2.45) is 4.99 Å². The van der Waals surface area contributed by atoms with Crippen LogP contribution in [0.3, 0.4) is 0 Å². The minimum atomic E-state index is -0.167. The zero-order chi connectivity index (χ0) is 15.8. The molecular formula is C17H15N3O2S. The number of rotatable bonds is 3. The summed E-state index contributed by atoms with van der Waals surface area (Å²) in [5, 5.41) is 3.96. The predicted molar refractivity (Wildman–Crippen MR) is 92.9 cm³/mol. The SMILES string of the molecule is CC(=CC(=O)Nc1ccc2c(c1)N1CCN=C1S2)c1ccco1. The molecule has 4 rings (SSSR count). The van der Waals surface area contributed by atoms with Crippen molar-refractivity contribution in [2.45, 2.75) is 11.8 Å². The van der Waals surface area contributed by atoms with Gasteiger partial charge in [0, 0.05) is 23.2 Å². The Hall–Kier alpha value is -2.47. The van der Waals surface area contributed by atoms with E-state index in [1.807, 2.05) is 31.2 Å². The average Bonchev–Trinajstić information content (AvgIpc) is 3.24. The van der Waals surface area contributed by atoms with Crippen LogP contribution in [-0.2, 0) is 4.79 Å². The number of aliphatic imine (C=N–C) groups is 1. The molecule has 5 nitrogen and oxygen atoms in total. The van der Waals surface area contributed by atoms with Gasteiger partial charge in [0.15, 0.2) is 5.17 Å². The lowest BCUT2D eigenvalue weighted by atomic mass is 10.2. The zero-order valence-corrected chi connectivity index (χ0v) is 13.4. The molecule has 2 aliphatic rings. The first-order valence-corrected chi connectivity index (χ1v) is 8.19. The fraction of sp³-hybridized carbons (Fsp3) is 0.176. The molecule has 1 aromatic carbocycles. The highest BCUT2D eigenvalue weighted by Gasteiger charge is 2.29. The Balaban J connectivity index is 1.52. The molecule has 0 atom stereocenters. The summed E-state index contributed by atoms with van der Waals surface area (Å²) in [6.07, 6.45) is 3.14. The maximum atomic E-state index is 12.2. The first-order chi connectivity index (χ1) is 11.2. The second-order valence-electron chi connectivity index (χ2n) is 5.39. The topological polar surface area (TPSA) is 57.8 Å². The molecule has 6 heteroatoms. The molecule has 0 saturated carbocycles. The molecule has 2 aromatic rings. The van der Waals surface area contributed by atoms with Gasteiger partial charge in [-0.1, -0.05) is 0 Å². The molecule has 0 bridgehead atoms. The number of amides is 1. The molecular weight excluding hydrogens is 310 g/mol. The summed E-state index contributed by atoms with van der Waals surface area (Å²) < 4.78 is 5.28. The molecule has 0 radical (unpaired) electrons. The molecule has 1 N–H and O–H groups in total. The summed E-state index contributed by atoms with van der Waals surface area (Å²) in [6.45, 7) is 3.60. The number of carbonyl (C=O) groups excluding carboxylic acids is 1. The van der Waals surface area contributed by atoms with E-state index in [0.717, 1.165) is 35.2 Å². The van der Waals surface area contributed by atoms with Crippen LogP contribution in [0.15, 0.2) is 57.0 Å². The van der Waals surface area contributed by atoms with Crippen LogP contribution in [0.4, 0.5) is 11.4 Å². The third kappa shape index (κ3) is 2.66. The lowest BCUT2D eigenvalue weighted by molar-refractivity contribution is -0.111. The maximum Gasteiger partial charge on any atom is 0.248 e. The highest BCUT2D eigenvalue weighted by molar-refractivity contribution is 8.14. The van der Waals surface area contributed by atoms with E-state index in [4.69, 9.17) is 4.42 Å². The maximum absolute atomic E-state index is 12.2. The minimum absolute atomic E-state index is 0.167. The number of carbonyl (C=O) groups is 1. The standard InChI is InChI=1S/C17H15N3O2S/c1-11(14-3-2-8-22-14)9-16(21)19-12-4-5-15-13(10-12)20-7-6-18-17(20)23-15/h2-5,8-10H,6-7H2,1H3,(H,19,21). The van der Waals surface area contributed by atoms with E-state index >= 15 is 0 Å². The Kier molecular flexibility index (Phi) is 3.46. The average molecular weight is 325 g/mol. The van der Waals surface area contributed by atoms with Gasteiger partial charge in [0.1, 0.15) is 5.76 Å². The molecule has 0 unspecified atom stereocenters. The summed E-state index contributed by atoms with van der Waals surface area (Å²) >= 11 is 1.68. The van der Waals surface area contributed by atoms with E-state index in [1.54, 1.807) is 30.2 Å². The Morgan fingerprint density at radius 2 is 2.35 bits per heavy atom. The van der Waals surface area contributed by atoms with E-state index in [1.165, 1.54) is 4.90 Å². The van der Waals surface area contributed by atoms with Crippen LogP contribution in [0.5, 0.6) is 0 Å². The van der Waals surface area contributed by atoms with E-state index < -0.39 is 0 Å². The van der Waals surface area contributed by atoms with Gasteiger partial charge in [0.2, 0.25) is 5.91 Å². The number of hydrogen-bond acceptors (Lipinski definition) is 5. The van der Waals surface area contributed by atoms with Gasteiger partial charge in [-0.25, -0.2) is 0 Å². The second kappa shape index (κ2) is 5.62. The number of hydrogen-bond donors (Lipinski definition) is 1. The summed E-state index contributed by atoms with van der Waals surface area (Å²) in [5.74, 6) is 0.531. The number of fused-ring (bicyclic) bond motifs is 3. The van der Waals surface area contributed by atoms with Gasteiger partial charge in [-0.3, -0.25) is 9.79 Å². The van der Waals surface area contributed by atoms with Gasteiger partial charge >= 0.3 is 0 Å². The summed E-state index contributed by atoms with van der Waals surface area (Å²) in [6, 6.07) is 9.59. The fourth-order valence-corrected chi connectivity index (χ4v) is 3.74. The van der Waals surface area contributed by atoms with Crippen LogP contribution >= 0.6 is 11.8 Å². The third-order valence-electron chi connectivity index (χ3n) is 3.78. The van der Waals surface area contributed by atoms with Crippen molar-refractivity contribution in [1.82, 2.24) is 0 Å². The number of nitrogens with zero attached hydrogens (tertiary/aromatic N) is 2. The lowest BCUT2D eigenvalue weighted by Crippen LogP contribution is -2.20. The van der Waals surface area contributed by atoms with Crippen molar-refractivity contribution < 1.29 is 9.21 Å². The first kappa shape index (κ1) is 14.1. The fourth-order valence-electron chi connectivity index (χ4n) is 2.68. The number of furan rings is 1. The molecule has 1 amide bonds. The minimum Gasteiger partial charge on any atom is -0.465 e. The molecule has 3 heterocycles. The van der Waals surface area contributed by atoms with E-state index in [-0.39, 0.29) is 5.91 Å². The molecule has 0 aliphatic carbocycles. The first-order valence-electron chi connectivity index (χ1n) is 7.38. The lowest BCUT2D eigenvalue weighted by Gasteiger charge is -2.13. The van der Waals surface area contributed by atoms with Gasteiger partial charge in [-0.05, 0) is 54.6 Å². The number of anilines is 2. The van der Waals surface area contributed by atoms with Gasteiger partial charge in [-0.15, -0.1) is 0 Å². The third-order valence-corrected chi connectivity index (χ3v) is 4.87. The highest BCUT2D eigenvalue weighted by atomic mass is 32.2.